The molecule has 1 amide bonds. The first-order valence-electron chi connectivity index (χ1n) is 8.06. The quantitative estimate of drug-likeness (QED) is 0.587. The van der Waals surface area contributed by atoms with Crippen LogP contribution < -0.4 is 5.32 Å². The molecule has 0 aliphatic heterocycles. The number of halogens is 1. The maximum atomic E-state index is 12.2. The number of hydrogen-bond acceptors (Lipinski definition) is 5. The SMILES string of the molecule is CC(C)OC(=O)c1ccc2nc(NC(=O)Cc3ccc(Br)cc3)sc2c1. The Morgan fingerprint density at radius 1 is 1.19 bits per heavy atom. The summed E-state index contributed by atoms with van der Waals surface area (Å²) in [5.74, 6) is -0.498. The van der Waals surface area contributed by atoms with Crippen molar-refractivity contribution in [2.75, 3.05) is 5.32 Å². The van der Waals surface area contributed by atoms with E-state index in [1.807, 2.05) is 38.1 Å². The molecule has 0 spiro atoms. The normalized spacial score (nSPS) is 10.9. The maximum Gasteiger partial charge on any atom is 0.338 e. The number of nitrogens with zero attached hydrogens (tertiary/aromatic N) is 1. The molecule has 0 unspecified atom stereocenters. The number of fused-ring (bicyclic) bond motifs is 1. The van der Waals surface area contributed by atoms with Crippen LogP contribution in [0.3, 0.4) is 0 Å². The topological polar surface area (TPSA) is 68.3 Å². The van der Waals surface area contributed by atoms with Gasteiger partial charge >= 0.3 is 5.97 Å². The Hall–Kier alpha value is -2.25. The Morgan fingerprint density at radius 3 is 2.62 bits per heavy atom. The van der Waals surface area contributed by atoms with E-state index in [0.717, 1.165) is 20.3 Å². The van der Waals surface area contributed by atoms with Crippen LogP contribution in [-0.2, 0) is 16.0 Å². The first-order chi connectivity index (χ1) is 12.4. The van der Waals surface area contributed by atoms with Crippen molar-refractivity contribution in [2.24, 2.45) is 0 Å². The van der Waals surface area contributed by atoms with E-state index in [9.17, 15) is 9.59 Å². The predicted molar refractivity (Wildman–Crippen MR) is 107 cm³/mol. The van der Waals surface area contributed by atoms with Crippen LogP contribution in [0.15, 0.2) is 46.9 Å². The van der Waals surface area contributed by atoms with Crippen LogP contribution in [0.4, 0.5) is 5.13 Å². The molecule has 3 rings (SSSR count). The van der Waals surface area contributed by atoms with Gasteiger partial charge in [-0.1, -0.05) is 39.4 Å². The first-order valence-corrected chi connectivity index (χ1v) is 9.67. The molecular weight excluding hydrogens is 416 g/mol. The van der Waals surface area contributed by atoms with E-state index >= 15 is 0 Å². The molecule has 26 heavy (non-hydrogen) atoms. The van der Waals surface area contributed by atoms with Gasteiger partial charge in [0, 0.05) is 4.47 Å². The summed E-state index contributed by atoms with van der Waals surface area (Å²) in [5, 5.41) is 3.33. The van der Waals surface area contributed by atoms with E-state index < -0.39 is 0 Å². The molecule has 1 N–H and O–H groups in total. The number of rotatable bonds is 5. The molecule has 0 radical (unpaired) electrons. The Bertz CT molecular complexity index is 951. The number of anilines is 1. The predicted octanol–water partition coefficient (Wildman–Crippen LogP) is 4.81. The number of aromatic nitrogens is 1. The third-order valence-corrected chi connectivity index (χ3v) is 4.95. The highest BCUT2D eigenvalue weighted by Gasteiger charge is 2.13. The first kappa shape index (κ1) is 18.5. The van der Waals surface area contributed by atoms with Gasteiger partial charge < -0.3 is 10.1 Å². The lowest BCUT2D eigenvalue weighted by Crippen LogP contribution is -2.14. The Morgan fingerprint density at radius 2 is 1.92 bits per heavy atom. The van der Waals surface area contributed by atoms with Crippen LogP contribution >= 0.6 is 27.3 Å². The standard InChI is InChI=1S/C19H17BrN2O3S/c1-11(2)25-18(24)13-5-8-15-16(10-13)26-19(21-15)22-17(23)9-12-3-6-14(20)7-4-12/h3-8,10-11H,9H2,1-2H3,(H,21,22,23). The van der Waals surface area contributed by atoms with Gasteiger partial charge in [-0.05, 0) is 49.7 Å². The number of ether oxygens (including phenoxy) is 1. The van der Waals surface area contributed by atoms with E-state index in [1.165, 1.54) is 11.3 Å². The van der Waals surface area contributed by atoms with Gasteiger partial charge in [0.05, 0.1) is 28.3 Å². The van der Waals surface area contributed by atoms with Crippen molar-refractivity contribution in [3.05, 3.63) is 58.1 Å². The zero-order valence-electron chi connectivity index (χ0n) is 14.3. The monoisotopic (exact) mass is 432 g/mol. The van der Waals surface area contributed by atoms with Crippen molar-refractivity contribution in [1.29, 1.82) is 0 Å². The second-order valence-electron chi connectivity index (χ2n) is 6.01. The molecular formula is C19H17BrN2O3S. The number of thiazole rings is 1. The molecule has 0 fully saturated rings. The largest absolute Gasteiger partial charge is 0.459 e. The second kappa shape index (κ2) is 7.97. The molecule has 0 bridgehead atoms. The van der Waals surface area contributed by atoms with Crippen LogP contribution in [0.5, 0.6) is 0 Å². The second-order valence-corrected chi connectivity index (χ2v) is 7.95. The number of nitrogens with one attached hydrogen (secondary N) is 1. The number of amides is 1. The van der Waals surface area contributed by atoms with Crippen molar-refractivity contribution < 1.29 is 14.3 Å². The van der Waals surface area contributed by atoms with E-state index in [1.54, 1.807) is 18.2 Å². The fourth-order valence-electron chi connectivity index (χ4n) is 2.34. The van der Waals surface area contributed by atoms with Crippen molar-refractivity contribution in [3.63, 3.8) is 0 Å². The molecule has 134 valence electrons. The minimum Gasteiger partial charge on any atom is -0.459 e. The molecule has 5 nitrogen and oxygen atoms in total. The molecule has 7 heteroatoms. The third-order valence-electron chi connectivity index (χ3n) is 3.49. The molecule has 1 heterocycles. The lowest BCUT2D eigenvalue weighted by molar-refractivity contribution is -0.115. The number of carbonyl (C=O) groups excluding carboxylic acids is 2. The van der Waals surface area contributed by atoms with Crippen molar-refractivity contribution >= 4 is 54.5 Å². The smallest absolute Gasteiger partial charge is 0.338 e. The zero-order chi connectivity index (χ0) is 18.7. The maximum absolute atomic E-state index is 12.2. The summed E-state index contributed by atoms with van der Waals surface area (Å²) >= 11 is 4.70. The summed E-state index contributed by atoms with van der Waals surface area (Å²) in [6, 6.07) is 12.8. The summed E-state index contributed by atoms with van der Waals surface area (Å²) in [6.07, 6.45) is 0.0999. The van der Waals surface area contributed by atoms with Gasteiger partial charge in [0.25, 0.3) is 0 Å². The lowest BCUT2D eigenvalue weighted by Gasteiger charge is -2.07. The summed E-state index contributed by atoms with van der Waals surface area (Å²) in [7, 11) is 0. The van der Waals surface area contributed by atoms with E-state index in [4.69, 9.17) is 4.74 Å². The van der Waals surface area contributed by atoms with Crippen LogP contribution in [0.25, 0.3) is 10.2 Å². The van der Waals surface area contributed by atoms with Crippen molar-refractivity contribution in [1.82, 2.24) is 4.98 Å². The van der Waals surface area contributed by atoms with Gasteiger partial charge in [-0.25, -0.2) is 9.78 Å². The third kappa shape index (κ3) is 4.68. The summed E-state index contributed by atoms with van der Waals surface area (Å²) in [5.41, 5.74) is 2.13. The molecule has 2 aromatic carbocycles. The highest BCUT2D eigenvalue weighted by molar-refractivity contribution is 9.10. The molecule has 0 saturated heterocycles. The molecule has 0 atom stereocenters. The van der Waals surface area contributed by atoms with Gasteiger partial charge in [-0.2, -0.15) is 0 Å². The Kier molecular flexibility index (Phi) is 5.68. The van der Waals surface area contributed by atoms with Gasteiger partial charge in [0.1, 0.15) is 0 Å². The fraction of sp³-hybridized carbons (Fsp3) is 0.211. The lowest BCUT2D eigenvalue weighted by atomic mass is 10.1. The minimum absolute atomic E-state index is 0.134. The van der Waals surface area contributed by atoms with Crippen LogP contribution in [0, 0.1) is 0 Å². The fourth-order valence-corrected chi connectivity index (χ4v) is 3.52. The van der Waals surface area contributed by atoms with Crippen LogP contribution in [-0.4, -0.2) is 23.0 Å². The zero-order valence-corrected chi connectivity index (χ0v) is 16.7. The number of esters is 1. The number of hydrogen-bond donors (Lipinski definition) is 1. The van der Waals surface area contributed by atoms with Crippen molar-refractivity contribution in [2.45, 2.75) is 26.4 Å². The van der Waals surface area contributed by atoms with Crippen LogP contribution in [0.1, 0.15) is 29.8 Å². The molecule has 0 aliphatic carbocycles. The van der Waals surface area contributed by atoms with E-state index in [0.29, 0.717) is 10.7 Å². The minimum atomic E-state index is -0.365. The highest BCUT2D eigenvalue weighted by atomic mass is 79.9. The number of benzene rings is 2. The molecule has 0 saturated carbocycles. The summed E-state index contributed by atoms with van der Waals surface area (Å²) < 4.78 is 7.00. The van der Waals surface area contributed by atoms with E-state index in [-0.39, 0.29) is 24.4 Å². The average Bonchev–Trinajstić information content (AvgIpc) is 2.97. The summed E-state index contributed by atoms with van der Waals surface area (Å²) in [4.78, 5) is 28.6. The average molecular weight is 433 g/mol. The molecule has 0 aliphatic rings. The Balaban J connectivity index is 1.71. The Labute approximate surface area is 163 Å². The van der Waals surface area contributed by atoms with Crippen LogP contribution in [0.2, 0.25) is 0 Å². The molecule has 3 aromatic rings. The summed E-state index contributed by atoms with van der Waals surface area (Å²) in [6.45, 7) is 3.62. The highest BCUT2D eigenvalue weighted by Crippen LogP contribution is 2.27. The van der Waals surface area contributed by atoms with E-state index in [2.05, 4.69) is 26.2 Å². The van der Waals surface area contributed by atoms with Gasteiger partial charge in [0.15, 0.2) is 5.13 Å². The molecule has 1 aromatic heterocycles. The van der Waals surface area contributed by atoms with Gasteiger partial charge in [-0.15, -0.1) is 0 Å². The van der Waals surface area contributed by atoms with Gasteiger partial charge in [-0.3, -0.25) is 4.79 Å². The number of carbonyl (C=O) groups is 2. The van der Waals surface area contributed by atoms with Crippen molar-refractivity contribution in [3.8, 4) is 0 Å². The van der Waals surface area contributed by atoms with Gasteiger partial charge in [0.2, 0.25) is 5.91 Å².